The maximum Gasteiger partial charge on any atom is 0.321 e. The zero-order chi connectivity index (χ0) is 25.9. The lowest BCUT2D eigenvalue weighted by Gasteiger charge is -2.28. The van der Waals surface area contributed by atoms with Gasteiger partial charge in [0.2, 0.25) is 0 Å². The van der Waals surface area contributed by atoms with Crippen LogP contribution in [0.15, 0.2) is 48.8 Å². The Hall–Kier alpha value is -3.46. The van der Waals surface area contributed by atoms with Crippen LogP contribution in [-0.2, 0) is 4.74 Å². The van der Waals surface area contributed by atoms with Crippen molar-refractivity contribution in [2.45, 2.75) is 33.2 Å². The summed E-state index contributed by atoms with van der Waals surface area (Å²) in [7, 11) is 0. The minimum Gasteiger partial charge on any atom is -0.378 e. The molecule has 2 fully saturated rings. The molecular weight excluding hydrogens is 476 g/mol. The lowest BCUT2D eigenvalue weighted by Crippen LogP contribution is -2.36. The number of anilines is 2. The van der Waals surface area contributed by atoms with Gasteiger partial charge < -0.3 is 19.9 Å². The summed E-state index contributed by atoms with van der Waals surface area (Å²) in [4.78, 5) is 21.7. The van der Waals surface area contributed by atoms with E-state index in [0.29, 0.717) is 43.5 Å². The van der Waals surface area contributed by atoms with Crippen molar-refractivity contribution in [1.82, 2.24) is 14.5 Å². The van der Waals surface area contributed by atoms with Gasteiger partial charge in [-0.25, -0.2) is 9.78 Å². The van der Waals surface area contributed by atoms with E-state index in [1.54, 1.807) is 6.07 Å². The van der Waals surface area contributed by atoms with Crippen molar-refractivity contribution in [2.24, 2.45) is 5.92 Å². The number of pyridine rings is 1. The molecule has 1 N–H and O–H groups in total. The molecule has 2 saturated heterocycles. The lowest BCUT2D eigenvalue weighted by atomic mass is 9.98. The molecule has 2 aliphatic rings. The third kappa shape index (κ3) is 5.61. The molecule has 2 amide bonds. The zero-order valence-electron chi connectivity index (χ0n) is 21.3. The number of carbonyl (C=O) groups excluding carboxylic acids is 1. The van der Waals surface area contributed by atoms with Crippen molar-refractivity contribution in [1.29, 1.82) is 0 Å². The van der Waals surface area contributed by atoms with Crippen LogP contribution in [0.1, 0.15) is 31.9 Å². The van der Waals surface area contributed by atoms with Gasteiger partial charge in [-0.3, -0.25) is 4.57 Å². The van der Waals surface area contributed by atoms with E-state index in [2.05, 4.69) is 17.1 Å². The molecule has 0 saturated carbocycles. The van der Waals surface area contributed by atoms with Gasteiger partial charge in [-0.05, 0) is 66.3 Å². The first kappa shape index (κ1) is 25.2. The van der Waals surface area contributed by atoms with E-state index < -0.39 is 6.55 Å². The summed E-state index contributed by atoms with van der Waals surface area (Å²) in [6.45, 7) is 5.77. The molecule has 0 radical (unpaired) electrons. The van der Waals surface area contributed by atoms with Crippen LogP contribution in [0.5, 0.6) is 0 Å². The fourth-order valence-electron chi connectivity index (χ4n) is 5.02. The summed E-state index contributed by atoms with van der Waals surface area (Å²) >= 11 is 0. The highest BCUT2D eigenvalue weighted by Gasteiger charge is 2.25. The molecule has 0 unspecified atom stereocenters. The van der Waals surface area contributed by atoms with Crippen LogP contribution in [0.4, 0.5) is 25.1 Å². The highest BCUT2D eigenvalue weighted by molar-refractivity contribution is 5.91. The summed E-state index contributed by atoms with van der Waals surface area (Å²) in [5, 5.41) is 3.06. The number of alkyl halides is 2. The Balaban J connectivity index is 1.48. The van der Waals surface area contributed by atoms with Crippen molar-refractivity contribution < 1.29 is 18.3 Å². The van der Waals surface area contributed by atoms with Gasteiger partial charge in [0.15, 0.2) is 0 Å². The van der Waals surface area contributed by atoms with Crippen molar-refractivity contribution in [2.75, 3.05) is 49.6 Å². The van der Waals surface area contributed by atoms with Gasteiger partial charge in [0.25, 0.3) is 0 Å². The average molecular weight is 510 g/mol. The molecule has 2 aliphatic heterocycles. The molecule has 196 valence electrons. The first-order chi connectivity index (χ1) is 17.9. The maximum atomic E-state index is 13.2. The van der Waals surface area contributed by atoms with Crippen molar-refractivity contribution >= 4 is 17.5 Å². The smallest absolute Gasteiger partial charge is 0.321 e. The minimum absolute atomic E-state index is 0.0801. The van der Waals surface area contributed by atoms with Crippen LogP contribution >= 0.6 is 0 Å². The van der Waals surface area contributed by atoms with E-state index in [-0.39, 0.29) is 6.03 Å². The van der Waals surface area contributed by atoms with Crippen LogP contribution in [0, 0.1) is 12.8 Å². The first-order valence-corrected chi connectivity index (χ1v) is 12.9. The van der Waals surface area contributed by atoms with Crippen molar-refractivity contribution in [3.63, 3.8) is 0 Å². The van der Waals surface area contributed by atoms with Gasteiger partial charge in [0, 0.05) is 49.8 Å². The quantitative estimate of drug-likeness (QED) is 0.441. The molecule has 37 heavy (non-hydrogen) atoms. The number of carbonyl (C=O) groups is 1. The first-order valence-electron chi connectivity index (χ1n) is 12.9. The Labute approximate surface area is 216 Å². The Morgan fingerprint density at radius 3 is 2.65 bits per heavy atom. The van der Waals surface area contributed by atoms with Crippen LogP contribution in [-0.4, -0.2) is 59.9 Å². The molecular formula is C28H33F2N5O2. The van der Waals surface area contributed by atoms with E-state index in [9.17, 15) is 13.6 Å². The number of hydrogen-bond donors (Lipinski definition) is 1. The molecule has 2 aromatic heterocycles. The number of morpholine rings is 1. The summed E-state index contributed by atoms with van der Waals surface area (Å²) < 4.78 is 32.9. The van der Waals surface area contributed by atoms with Gasteiger partial charge in [-0.15, -0.1) is 0 Å². The van der Waals surface area contributed by atoms with Crippen LogP contribution in [0.25, 0.3) is 22.4 Å². The highest BCUT2D eigenvalue weighted by atomic mass is 19.3. The van der Waals surface area contributed by atoms with Crippen molar-refractivity contribution in [3.8, 4) is 22.4 Å². The predicted octanol–water partition coefficient (Wildman–Crippen LogP) is 6.02. The van der Waals surface area contributed by atoms with E-state index in [0.717, 1.165) is 58.7 Å². The third-order valence-corrected chi connectivity index (χ3v) is 7.33. The molecule has 3 aromatic rings. The molecule has 0 bridgehead atoms. The topological polar surface area (TPSA) is 62.6 Å². The largest absolute Gasteiger partial charge is 0.378 e. The Kier molecular flexibility index (Phi) is 7.41. The maximum absolute atomic E-state index is 13.2. The normalized spacial score (nSPS) is 18.0. The number of urea groups is 1. The van der Waals surface area contributed by atoms with Gasteiger partial charge >= 0.3 is 12.6 Å². The lowest BCUT2D eigenvalue weighted by molar-refractivity contribution is 0.0707. The second-order valence-corrected chi connectivity index (χ2v) is 9.79. The van der Waals surface area contributed by atoms with Gasteiger partial charge in [0.1, 0.15) is 5.82 Å². The number of nitrogens with one attached hydrogen (secondary N) is 1. The standard InChI is InChI=1S/C28H33F2N5O2/c1-3-20-6-8-35(17-20)28(36)31-23-5-4-19(2)24(16-23)22-14-25(21-7-9-34(18-21)27(29)30)32-26(15-22)33-10-12-37-13-11-33/h4-5,7,9,14-16,18,20,27H,3,6,8,10-13,17H2,1-2H3,(H,31,36)/t20-/m1/s1. The second-order valence-electron chi connectivity index (χ2n) is 9.79. The summed E-state index contributed by atoms with van der Waals surface area (Å²) in [5.41, 5.74) is 4.88. The third-order valence-electron chi connectivity index (χ3n) is 7.33. The number of amides is 2. The van der Waals surface area contributed by atoms with E-state index in [1.165, 1.54) is 12.4 Å². The Morgan fingerprint density at radius 2 is 1.95 bits per heavy atom. The zero-order valence-corrected chi connectivity index (χ0v) is 21.3. The van der Waals surface area contributed by atoms with Gasteiger partial charge in [0.05, 0.1) is 18.9 Å². The van der Waals surface area contributed by atoms with Crippen molar-refractivity contribution in [3.05, 3.63) is 54.4 Å². The van der Waals surface area contributed by atoms with Gasteiger partial charge in [-0.2, -0.15) is 8.78 Å². The number of ether oxygens (including phenoxy) is 1. The van der Waals surface area contributed by atoms with E-state index >= 15 is 0 Å². The number of rotatable bonds is 6. The summed E-state index contributed by atoms with van der Waals surface area (Å²) in [5.74, 6) is 1.34. The molecule has 1 aromatic carbocycles. The van der Waals surface area contributed by atoms with Crippen LogP contribution < -0.4 is 10.2 Å². The number of nitrogens with zero attached hydrogens (tertiary/aromatic N) is 4. The minimum atomic E-state index is -2.61. The van der Waals surface area contributed by atoms with Crippen LogP contribution in [0.3, 0.4) is 0 Å². The fraction of sp³-hybridized carbons (Fsp3) is 0.429. The number of hydrogen-bond acceptors (Lipinski definition) is 4. The second kappa shape index (κ2) is 10.9. The monoisotopic (exact) mass is 509 g/mol. The molecule has 9 heteroatoms. The van der Waals surface area contributed by atoms with Crippen LogP contribution in [0.2, 0.25) is 0 Å². The molecule has 4 heterocycles. The number of halogens is 2. The fourth-order valence-corrected chi connectivity index (χ4v) is 5.02. The molecule has 1 atom stereocenters. The molecule has 7 nitrogen and oxygen atoms in total. The average Bonchev–Trinajstić information content (AvgIpc) is 3.61. The Bertz CT molecular complexity index is 1260. The molecule has 5 rings (SSSR count). The predicted molar refractivity (Wildman–Crippen MR) is 141 cm³/mol. The molecule has 0 spiro atoms. The number of benzene rings is 1. The van der Waals surface area contributed by atoms with E-state index in [4.69, 9.17) is 9.72 Å². The molecule has 0 aliphatic carbocycles. The summed E-state index contributed by atoms with van der Waals surface area (Å²) in [6, 6.07) is 11.4. The summed E-state index contributed by atoms with van der Waals surface area (Å²) in [6.07, 6.45) is 4.91. The highest BCUT2D eigenvalue weighted by Crippen LogP contribution is 2.34. The van der Waals surface area contributed by atoms with Gasteiger partial charge in [-0.1, -0.05) is 19.4 Å². The number of aromatic nitrogens is 2. The number of likely N-dealkylation sites (tertiary alicyclic amines) is 1. The SMILES string of the molecule is CC[C@@H]1CCN(C(=O)Nc2ccc(C)c(-c3cc(-c4ccn(C(F)F)c4)nc(N4CCOCC4)c3)c2)C1. The van der Waals surface area contributed by atoms with E-state index in [1.807, 2.05) is 42.2 Å². The number of aryl methyl sites for hydroxylation is 1. The Morgan fingerprint density at radius 1 is 1.14 bits per heavy atom.